The van der Waals surface area contributed by atoms with Gasteiger partial charge in [0.25, 0.3) is 0 Å². The Balaban J connectivity index is 1.30. The van der Waals surface area contributed by atoms with E-state index >= 15 is 0 Å². The Bertz CT molecular complexity index is 1360. The van der Waals surface area contributed by atoms with Crippen LogP contribution in [0.2, 0.25) is 0 Å². The Kier molecular flexibility index (Phi) is 7.59. The number of Topliss-reactive ketones (excluding diaryl/α,β-unsaturated/α-hetero) is 1. The molecule has 6 nitrogen and oxygen atoms in total. The molecule has 1 aromatic heterocycles. The van der Waals surface area contributed by atoms with Crippen LogP contribution in [0.25, 0.3) is 11.4 Å². The van der Waals surface area contributed by atoms with Gasteiger partial charge in [-0.3, -0.25) is 9.59 Å². The summed E-state index contributed by atoms with van der Waals surface area (Å²) in [6.45, 7) is 2.88. The van der Waals surface area contributed by atoms with Crippen LogP contribution in [0.15, 0.2) is 109 Å². The van der Waals surface area contributed by atoms with Gasteiger partial charge < -0.3 is 10.2 Å². The Morgan fingerprint density at radius 1 is 1.00 bits per heavy atom. The zero-order valence-electron chi connectivity index (χ0n) is 21.6. The summed E-state index contributed by atoms with van der Waals surface area (Å²) in [5.41, 5.74) is 2.82. The van der Waals surface area contributed by atoms with Crippen molar-refractivity contribution in [3.63, 3.8) is 0 Å². The maximum atomic E-state index is 13.8. The first-order valence-electron chi connectivity index (χ1n) is 13.1. The summed E-state index contributed by atoms with van der Waals surface area (Å²) >= 11 is 0. The summed E-state index contributed by atoms with van der Waals surface area (Å²) in [7, 11) is 0. The summed E-state index contributed by atoms with van der Waals surface area (Å²) in [6, 6.07) is 19.0. The van der Waals surface area contributed by atoms with E-state index in [1.165, 1.54) is 0 Å². The van der Waals surface area contributed by atoms with Crippen molar-refractivity contribution in [3.05, 3.63) is 120 Å². The van der Waals surface area contributed by atoms with Gasteiger partial charge >= 0.3 is 0 Å². The number of nitrogens with one attached hydrogen (secondary N) is 1. The van der Waals surface area contributed by atoms with Crippen LogP contribution in [0.3, 0.4) is 0 Å². The highest BCUT2D eigenvalue weighted by molar-refractivity contribution is 5.98. The molecule has 1 aliphatic carbocycles. The van der Waals surface area contributed by atoms with E-state index in [-0.39, 0.29) is 24.3 Å². The maximum absolute atomic E-state index is 13.8. The predicted molar refractivity (Wildman–Crippen MR) is 149 cm³/mol. The van der Waals surface area contributed by atoms with Crippen molar-refractivity contribution >= 4 is 11.7 Å². The Morgan fingerprint density at radius 2 is 1.76 bits per heavy atom. The SMILES string of the molecule is C[C@H](NC(=O)C1(c2ccccc2)C=CN(CC(=O)c2ccc(-c3ncccn3)cc2)CC1)C1=CCCC=C1. The number of allylic oxidation sites excluding steroid dienone is 2. The van der Waals surface area contributed by atoms with Crippen molar-refractivity contribution in [2.75, 3.05) is 13.1 Å². The fourth-order valence-corrected chi connectivity index (χ4v) is 5.03. The molecule has 2 aromatic carbocycles. The quantitative estimate of drug-likeness (QED) is 0.423. The van der Waals surface area contributed by atoms with Crippen molar-refractivity contribution in [3.8, 4) is 11.4 Å². The van der Waals surface area contributed by atoms with Gasteiger partial charge in [0, 0.05) is 30.1 Å². The first-order chi connectivity index (χ1) is 18.5. The third-order valence-corrected chi connectivity index (χ3v) is 7.31. The van der Waals surface area contributed by atoms with E-state index in [0.29, 0.717) is 24.4 Å². The number of hydrogen-bond donors (Lipinski definition) is 1. The average Bonchev–Trinajstić information content (AvgIpc) is 2.99. The van der Waals surface area contributed by atoms with E-state index in [1.54, 1.807) is 18.5 Å². The van der Waals surface area contributed by atoms with Crippen molar-refractivity contribution < 1.29 is 9.59 Å². The maximum Gasteiger partial charge on any atom is 0.235 e. The number of hydrogen-bond acceptors (Lipinski definition) is 5. The fourth-order valence-electron chi connectivity index (χ4n) is 5.03. The molecule has 0 saturated heterocycles. The molecule has 1 aliphatic heterocycles. The molecule has 2 atom stereocenters. The number of ketones is 1. The molecule has 192 valence electrons. The molecule has 0 fully saturated rings. The Labute approximate surface area is 223 Å². The van der Waals surface area contributed by atoms with Crippen LogP contribution in [0.4, 0.5) is 0 Å². The number of amides is 1. The van der Waals surface area contributed by atoms with Gasteiger partial charge in [-0.2, -0.15) is 0 Å². The summed E-state index contributed by atoms with van der Waals surface area (Å²) < 4.78 is 0. The van der Waals surface area contributed by atoms with E-state index in [1.807, 2.05) is 78.7 Å². The number of aromatic nitrogens is 2. The lowest BCUT2D eigenvalue weighted by Crippen LogP contribution is -2.50. The normalized spacial score (nSPS) is 19.5. The second kappa shape index (κ2) is 11.4. The third-order valence-electron chi connectivity index (χ3n) is 7.31. The lowest BCUT2D eigenvalue weighted by Gasteiger charge is -2.37. The van der Waals surface area contributed by atoms with Crippen LogP contribution < -0.4 is 5.32 Å². The lowest BCUT2D eigenvalue weighted by molar-refractivity contribution is -0.126. The molecule has 2 aliphatic rings. The molecule has 38 heavy (non-hydrogen) atoms. The van der Waals surface area contributed by atoms with E-state index in [0.717, 1.165) is 29.5 Å². The van der Waals surface area contributed by atoms with E-state index in [9.17, 15) is 9.59 Å². The minimum absolute atomic E-state index is 0.0166. The van der Waals surface area contributed by atoms with Crippen molar-refractivity contribution in [1.29, 1.82) is 0 Å². The van der Waals surface area contributed by atoms with Gasteiger partial charge in [-0.05, 0) is 55.7 Å². The van der Waals surface area contributed by atoms with Gasteiger partial charge in [0.05, 0.1) is 18.0 Å². The van der Waals surface area contributed by atoms with Crippen LogP contribution in [0, 0.1) is 0 Å². The smallest absolute Gasteiger partial charge is 0.235 e. The average molecular weight is 505 g/mol. The first kappa shape index (κ1) is 25.3. The summed E-state index contributed by atoms with van der Waals surface area (Å²) in [5, 5.41) is 3.25. The van der Waals surface area contributed by atoms with Crippen molar-refractivity contribution in [2.45, 2.75) is 37.6 Å². The van der Waals surface area contributed by atoms with Crippen LogP contribution in [0.5, 0.6) is 0 Å². The molecular formula is C32H32N4O2. The highest BCUT2D eigenvalue weighted by Crippen LogP contribution is 2.34. The lowest BCUT2D eigenvalue weighted by atomic mass is 9.74. The van der Waals surface area contributed by atoms with Crippen LogP contribution >= 0.6 is 0 Å². The van der Waals surface area contributed by atoms with Gasteiger partial charge in [0.15, 0.2) is 11.6 Å². The molecule has 1 amide bonds. The minimum atomic E-state index is -0.786. The third kappa shape index (κ3) is 5.49. The number of carbonyl (C=O) groups is 2. The monoisotopic (exact) mass is 504 g/mol. The molecule has 0 radical (unpaired) electrons. The standard InChI is InChI=1S/C32H32N4O2/c1-24(25-9-4-2-5-10-25)35-31(38)32(28-11-6-3-7-12-28)17-21-36(22-18-32)23-29(37)26-13-15-27(16-14-26)30-33-19-8-20-34-30/h3-4,6-17,19-21,24H,2,5,18,22-23H2,1H3,(H,35,38)/t24-,32?/m0/s1. The Morgan fingerprint density at radius 3 is 2.42 bits per heavy atom. The van der Waals surface area contributed by atoms with Gasteiger partial charge in [-0.15, -0.1) is 0 Å². The number of nitrogens with zero attached hydrogens (tertiary/aromatic N) is 3. The van der Waals surface area contributed by atoms with Gasteiger partial charge in [-0.25, -0.2) is 9.97 Å². The fraction of sp³-hybridized carbons (Fsp3) is 0.250. The van der Waals surface area contributed by atoms with E-state index in [4.69, 9.17) is 0 Å². The predicted octanol–water partition coefficient (Wildman–Crippen LogP) is 5.26. The molecule has 0 saturated carbocycles. The molecule has 6 heteroatoms. The topological polar surface area (TPSA) is 75.2 Å². The number of benzene rings is 2. The molecular weight excluding hydrogens is 472 g/mol. The van der Waals surface area contributed by atoms with Crippen LogP contribution in [-0.2, 0) is 10.2 Å². The summed E-state index contributed by atoms with van der Waals surface area (Å²) in [5.74, 6) is 0.639. The van der Waals surface area contributed by atoms with Crippen molar-refractivity contribution in [2.24, 2.45) is 0 Å². The largest absolute Gasteiger partial charge is 0.370 e. The second-order valence-electron chi connectivity index (χ2n) is 9.83. The highest BCUT2D eigenvalue weighted by atomic mass is 16.2. The second-order valence-corrected chi connectivity index (χ2v) is 9.83. The zero-order chi connectivity index (χ0) is 26.4. The van der Waals surface area contributed by atoms with Crippen molar-refractivity contribution in [1.82, 2.24) is 20.2 Å². The highest BCUT2D eigenvalue weighted by Gasteiger charge is 2.40. The number of carbonyl (C=O) groups excluding carboxylic acids is 2. The molecule has 1 N–H and O–H groups in total. The van der Waals surface area contributed by atoms with Crippen LogP contribution in [-0.4, -0.2) is 45.7 Å². The molecule has 3 aromatic rings. The summed E-state index contributed by atoms with van der Waals surface area (Å²) in [4.78, 5) is 37.3. The zero-order valence-corrected chi connectivity index (χ0v) is 21.6. The molecule has 2 heterocycles. The molecule has 1 unspecified atom stereocenters. The summed E-state index contributed by atoms with van der Waals surface area (Å²) in [6.07, 6.45) is 16.4. The van der Waals surface area contributed by atoms with E-state index in [2.05, 4.69) is 33.5 Å². The molecule has 5 rings (SSSR count). The van der Waals surface area contributed by atoms with Gasteiger partial charge in [0.2, 0.25) is 5.91 Å². The first-order valence-corrected chi connectivity index (χ1v) is 13.1. The van der Waals surface area contributed by atoms with E-state index < -0.39 is 5.41 Å². The Hall–Kier alpha value is -4.32. The van der Waals surface area contributed by atoms with Crippen LogP contribution in [0.1, 0.15) is 42.1 Å². The molecule has 0 bridgehead atoms. The van der Waals surface area contributed by atoms with Gasteiger partial charge in [0.1, 0.15) is 0 Å². The van der Waals surface area contributed by atoms with Gasteiger partial charge in [-0.1, -0.05) is 72.8 Å². The minimum Gasteiger partial charge on any atom is -0.370 e. The molecule has 0 spiro atoms. The number of rotatable bonds is 8.